The highest BCUT2D eigenvalue weighted by atomic mass is 16.3. The van der Waals surface area contributed by atoms with Crippen LogP contribution in [0.3, 0.4) is 0 Å². The molecule has 1 aliphatic heterocycles. The van der Waals surface area contributed by atoms with Gasteiger partial charge in [-0.1, -0.05) is 24.6 Å². The summed E-state index contributed by atoms with van der Waals surface area (Å²) in [7, 11) is 0. The van der Waals surface area contributed by atoms with Crippen molar-refractivity contribution in [3.05, 3.63) is 42.1 Å². The molecule has 3 heteroatoms. The first-order chi connectivity index (χ1) is 8.84. The molecule has 2 aromatic rings. The zero-order chi connectivity index (χ0) is 12.4. The third-order valence-corrected chi connectivity index (χ3v) is 3.70. The minimum Gasteiger partial charge on any atom is -0.387 e. The van der Waals surface area contributed by atoms with Crippen LogP contribution in [0.25, 0.3) is 10.9 Å². The number of fused-ring (bicyclic) bond motifs is 1. The van der Waals surface area contributed by atoms with Crippen molar-refractivity contribution in [1.82, 2.24) is 10.3 Å². The number of hydrogen-bond acceptors (Lipinski definition) is 3. The zero-order valence-corrected chi connectivity index (χ0v) is 10.3. The van der Waals surface area contributed by atoms with Crippen molar-refractivity contribution >= 4 is 10.9 Å². The van der Waals surface area contributed by atoms with Gasteiger partial charge in [-0.05, 0) is 37.1 Å². The van der Waals surface area contributed by atoms with E-state index in [4.69, 9.17) is 0 Å². The summed E-state index contributed by atoms with van der Waals surface area (Å²) in [5, 5.41) is 14.9. The summed E-state index contributed by atoms with van der Waals surface area (Å²) < 4.78 is 0. The molecule has 2 atom stereocenters. The minimum atomic E-state index is -0.434. The molecule has 1 aromatic heterocycles. The topological polar surface area (TPSA) is 45.2 Å². The largest absolute Gasteiger partial charge is 0.387 e. The van der Waals surface area contributed by atoms with E-state index in [0.29, 0.717) is 0 Å². The number of benzene rings is 1. The third kappa shape index (κ3) is 2.24. The third-order valence-electron chi connectivity index (χ3n) is 3.70. The lowest BCUT2D eigenvalue weighted by Gasteiger charge is -2.28. The molecule has 1 aromatic carbocycles. The lowest BCUT2D eigenvalue weighted by Crippen LogP contribution is -2.38. The van der Waals surface area contributed by atoms with Crippen LogP contribution in [0.4, 0.5) is 0 Å². The van der Waals surface area contributed by atoms with Crippen LogP contribution in [0, 0.1) is 0 Å². The maximum atomic E-state index is 10.4. The van der Waals surface area contributed by atoms with Gasteiger partial charge < -0.3 is 10.4 Å². The molecule has 18 heavy (non-hydrogen) atoms. The van der Waals surface area contributed by atoms with E-state index in [9.17, 15) is 5.11 Å². The molecular formula is C15H18N2O. The number of nitrogens with zero attached hydrogens (tertiary/aromatic N) is 1. The fraction of sp³-hybridized carbons (Fsp3) is 0.400. The molecular weight excluding hydrogens is 224 g/mol. The van der Waals surface area contributed by atoms with Crippen molar-refractivity contribution < 1.29 is 5.11 Å². The van der Waals surface area contributed by atoms with Gasteiger partial charge in [-0.3, -0.25) is 4.98 Å². The van der Waals surface area contributed by atoms with Gasteiger partial charge in [-0.25, -0.2) is 0 Å². The lowest BCUT2D eigenvalue weighted by molar-refractivity contribution is 0.114. The van der Waals surface area contributed by atoms with Gasteiger partial charge in [0.25, 0.3) is 0 Å². The molecule has 1 saturated heterocycles. The number of pyridine rings is 1. The van der Waals surface area contributed by atoms with Crippen molar-refractivity contribution in [2.24, 2.45) is 0 Å². The first-order valence-corrected chi connectivity index (χ1v) is 6.61. The molecule has 94 valence electrons. The second kappa shape index (κ2) is 5.04. The molecule has 2 heterocycles. The monoisotopic (exact) mass is 242 g/mol. The predicted molar refractivity (Wildman–Crippen MR) is 72.3 cm³/mol. The van der Waals surface area contributed by atoms with Gasteiger partial charge in [-0.2, -0.15) is 0 Å². The highest BCUT2D eigenvalue weighted by molar-refractivity contribution is 5.78. The molecule has 3 nitrogen and oxygen atoms in total. The number of aliphatic hydroxyl groups excluding tert-OH is 1. The van der Waals surface area contributed by atoms with Crippen molar-refractivity contribution in [3.63, 3.8) is 0 Å². The van der Waals surface area contributed by atoms with Crippen LogP contribution in [-0.4, -0.2) is 22.7 Å². The quantitative estimate of drug-likeness (QED) is 0.850. The number of hydrogen-bond donors (Lipinski definition) is 2. The lowest BCUT2D eigenvalue weighted by atomic mass is 9.94. The zero-order valence-electron chi connectivity index (χ0n) is 10.3. The van der Waals surface area contributed by atoms with Crippen molar-refractivity contribution in [2.75, 3.05) is 6.54 Å². The van der Waals surface area contributed by atoms with Gasteiger partial charge >= 0.3 is 0 Å². The summed E-state index contributed by atoms with van der Waals surface area (Å²) in [5.74, 6) is 0. The Morgan fingerprint density at radius 3 is 3.06 bits per heavy atom. The summed E-state index contributed by atoms with van der Waals surface area (Å²) in [6.45, 7) is 1.01. The first-order valence-electron chi connectivity index (χ1n) is 6.61. The average Bonchev–Trinajstić information content (AvgIpc) is 2.47. The molecule has 0 spiro atoms. The van der Waals surface area contributed by atoms with E-state index in [-0.39, 0.29) is 6.04 Å². The van der Waals surface area contributed by atoms with Crippen molar-refractivity contribution in [2.45, 2.75) is 31.4 Å². The number of aromatic nitrogens is 1. The Hall–Kier alpha value is -1.45. The van der Waals surface area contributed by atoms with Crippen molar-refractivity contribution in [3.8, 4) is 0 Å². The van der Waals surface area contributed by atoms with E-state index in [1.165, 1.54) is 12.8 Å². The summed E-state index contributed by atoms with van der Waals surface area (Å²) >= 11 is 0. The molecule has 0 amide bonds. The number of aliphatic hydroxyl groups is 1. The highest BCUT2D eigenvalue weighted by Crippen LogP contribution is 2.25. The number of piperidine rings is 1. The van der Waals surface area contributed by atoms with E-state index in [1.54, 1.807) is 6.20 Å². The second-order valence-corrected chi connectivity index (χ2v) is 4.96. The molecule has 1 fully saturated rings. The van der Waals surface area contributed by atoms with Crippen LogP contribution in [0.5, 0.6) is 0 Å². The summed E-state index contributed by atoms with van der Waals surface area (Å²) in [6, 6.07) is 10.2. The minimum absolute atomic E-state index is 0.180. The van der Waals surface area contributed by atoms with Crippen LogP contribution in [0.15, 0.2) is 36.5 Å². The maximum absolute atomic E-state index is 10.4. The van der Waals surface area contributed by atoms with E-state index in [0.717, 1.165) is 29.4 Å². The predicted octanol–water partition coefficient (Wildman–Crippen LogP) is 2.41. The number of nitrogens with one attached hydrogen (secondary N) is 1. The summed E-state index contributed by atoms with van der Waals surface area (Å²) in [5.41, 5.74) is 1.91. The highest BCUT2D eigenvalue weighted by Gasteiger charge is 2.22. The van der Waals surface area contributed by atoms with Crippen LogP contribution in [0.2, 0.25) is 0 Å². The Labute approximate surface area is 107 Å². The summed E-state index contributed by atoms with van der Waals surface area (Å²) in [4.78, 5) is 4.34. The van der Waals surface area contributed by atoms with Gasteiger partial charge in [0.05, 0.1) is 11.6 Å². The molecule has 0 saturated carbocycles. The average molecular weight is 242 g/mol. The van der Waals surface area contributed by atoms with Crippen LogP contribution in [0.1, 0.15) is 30.9 Å². The Balaban J connectivity index is 1.88. The van der Waals surface area contributed by atoms with Gasteiger partial charge in [-0.15, -0.1) is 0 Å². The van der Waals surface area contributed by atoms with Crippen molar-refractivity contribution in [1.29, 1.82) is 0 Å². The Morgan fingerprint density at radius 1 is 1.28 bits per heavy atom. The molecule has 0 bridgehead atoms. The molecule has 1 aliphatic rings. The van der Waals surface area contributed by atoms with Crippen LogP contribution >= 0.6 is 0 Å². The second-order valence-electron chi connectivity index (χ2n) is 4.96. The summed E-state index contributed by atoms with van der Waals surface area (Å²) in [6.07, 6.45) is 4.80. The Kier molecular flexibility index (Phi) is 3.26. The normalized spacial score (nSPS) is 21.9. The SMILES string of the molecule is O[C@H](c1ccc2cccnc2c1)[C@@H]1CCCCN1. The molecule has 2 N–H and O–H groups in total. The molecule has 0 radical (unpaired) electrons. The van der Waals surface area contributed by atoms with E-state index in [2.05, 4.69) is 10.3 Å². The molecule has 3 rings (SSSR count). The molecule has 0 unspecified atom stereocenters. The van der Waals surface area contributed by atoms with Gasteiger partial charge in [0, 0.05) is 17.6 Å². The van der Waals surface area contributed by atoms with Gasteiger partial charge in [0.15, 0.2) is 0 Å². The number of rotatable bonds is 2. The smallest absolute Gasteiger partial charge is 0.0943 e. The van der Waals surface area contributed by atoms with E-state index < -0.39 is 6.10 Å². The van der Waals surface area contributed by atoms with Gasteiger partial charge in [0.1, 0.15) is 0 Å². The Bertz CT molecular complexity index is 535. The Morgan fingerprint density at radius 2 is 2.22 bits per heavy atom. The fourth-order valence-corrected chi connectivity index (χ4v) is 2.65. The van der Waals surface area contributed by atoms with Crippen LogP contribution in [-0.2, 0) is 0 Å². The van der Waals surface area contributed by atoms with Gasteiger partial charge in [0.2, 0.25) is 0 Å². The standard InChI is InChI=1S/C15H18N2O/c18-15(13-5-1-2-8-16-13)12-7-6-11-4-3-9-17-14(11)10-12/h3-4,6-7,9-10,13,15-16,18H,1-2,5,8H2/t13-,15+/m0/s1. The first kappa shape index (κ1) is 11.6. The fourth-order valence-electron chi connectivity index (χ4n) is 2.65. The van der Waals surface area contributed by atoms with E-state index >= 15 is 0 Å². The van der Waals surface area contributed by atoms with E-state index in [1.807, 2.05) is 30.3 Å². The molecule has 0 aliphatic carbocycles. The maximum Gasteiger partial charge on any atom is 0.0943 e. The van der Waals surface area contributed by atoms with Crippen LogP contribution < -0.4 is 5.32 Å².